The fourth-order valence-electron chi connectivity index (χ4n) is 3.47. The number of ether oxygens (including phenoxy) is 1. The lowest BCUT2D eigenvalue weighted by molar-refractivity contribution is 0.408. The molecule has 0 aromatic heterocycles. The number of hydrogen-bond acceptors (Lipinski definition) is 3. The van der Waals surface area contributed by atoms with Crippen molar-refractivity contribution in [2.75, 3.05) is 12.9 Å². The maximum absolute atomic E-state index is 12.5. The van der Waals surface area contributed by atoms with Crippen LogP contribution < -0.4 is 4.74 Å². The van der Waals surface area contributed by atoms with E-state index in [-0.39, 0.29) is 11.2 Å². The Morgan fingerprint density at radius 3 is 2.61 bits per heavy atom. The van der Waals surface area contributed by atoms with Gasteiger partial charge in [0.25, 0.3) is 0 Å². The van der Waals surface area contributed by atoms with E-state index < -0.39 is 9.84 Å². The number of methoxy groups -OCH3 is 1. The van der Waals surface area contributed by atoms with E-state index >= 15 is 0 Å². The van der Waals surface area contributed by atoms with Gasteiger partial charge in [-0.05, 0) is 42.2 Å². The van der Waals surface area contributed by atoms with Crippen LogP contribution >= 0.6 is 0 Å². The SMILES string of the molecule is C=CCC1(c2ccccc2)CCS(=O)(=O)c2ccc(OC)cc21. The van der Waals surface area contributed by atoms with E-state index in [1.54, 1.807) is 19.2 Å². The second kappa shape index (κ2) is 5.85. The summed E-state index contributed by atoms with van der Waals surface area (Å²) in [7, 11) is -1.66. The van der Waals surface area contributed by atoms with Gasteiger partial charge in [-0.1, -0.05) is 36.4 Å². The van der Waals surface area contributed by atoms with E-state index in [0.29, 0.717) is 23.5 Å². The summed E-state index contributed by atoms with van der Waals surface area (Å²) in [4.78, 5) is 0.412. The van der Waals surface area contributed by atoms with Crippen LogP contribution in [0, 0.1) is 0 Å². The van der Waals surface area contributed by atoms with Gasteiger partial charge >= 0.3 is 0 Å². The summed E-state index contributed by atoms with van der Waals surface area (Å²) >= 11 is 0. The second-order valence-corrected chi connectivity index (χ2v) is 7.95. The van der Waals surface area contributed by atoms with Crippen LogP contribution in [0.25, 0.3) is 0 Å². The summed E-state index contributed by atoms with van der Waals surface area (Å²) in [5.41, 5.74) is 1.55. The average molecular weight is 328 g/mol. The first kappa shape index (κ1) is 15.8. The largest absolute Gasteiger partial charge is 0.497 e. The maximum atomic E-state index is 12.5. The summed E-state index contributed by atoms with van der Waals surface area (Å²) in [6.45, 7) is 3.90. The summed E-state index contributed by atoms with van der Waals surface area (Å²) in [6, 6.07) is 15.3. The molecule has 3 rings (SSSR count). The summed E-state index contributed by atoms with van der Waals surface area (Å²) in [5.74, 6) is 0.819. The van der Waals surface area contributed by atoms with Gasteiger partial charge in [0.2, 0.25) is 0 Å². The van der Waals surface area contributed by atoms with Crippen LogP contribution in [0.15, 0.2) is 66.1 Å². The van der Waals surface area contributed by atoms with Gasteiger partial charge in [-0.2, -0.15) is 0 Å². The quantitative estimate of drug-likeness (QED) is 0.803. The molecule has 1 heterocycles. The van der Waals surface area contributed by atoms with Crippen molar-refractivity contribution < 1.29 is 13.2 Å². The van der Waals surface area contributed by atoms with Crippen LogP contribution in [0.2, 0.25) is 0 Å². The lowest BCUT2D eigenvalue weighted by Crippen LogP contribution is -2.36. The fraction of sp³-hybridized carbons (Fsp3) is 0.263. The highest BCUT2D eigenvalue weighted by Gasteiger charge is 2.42. The van der Waals surface area contributed by atoms with Crippen LogP contribution in [0.3, 0.4) is 0 Å². The molecule has 1 atom stereocenters. The Balaban J connectivity index is 2.33. The Morgan fingerprint density at radius 2 is 1.96 bits per heavy atom. The zero-order chi connectivity index (χ0) is 16.5. The molecule has 2 aromatic carbocycles. The monoisotopic (exact) mass is 328 g/mol. The lowest BCUT2D eigenvalue weighted by atomic mass is 9.70. The highest BCUT2D eigenvalue weighted by molar-refractivity contribution is 7.91. The van der Waals surface area contributed by atoms with Gasteiger partial charge in [-0.3, -0.25) is 0 Å². The average Bonchev–Trinajstić information content (AvgIpc) is 2.58. The number of allylic oxidation sites excluding steroid dienone is 1. The standard InChI is InChI=1S/C19H20O3S/c1-3-11-19(15-7-5-4-6-8-15)12-13-23(20,21)18-10-9-16(22-2)14-17(18)19/h3-10,14H,1,11-13H2,2H3. The van der Waals surface area contributed by atoms with Crippen LogP contribution in [-0.2, 0) is 15.3 Å². The fourth-order valence-corrected chi connectivity index (χ4v) is 5.17. The Bertz CT molecular complexity index is 825. The number of sulfone groups is 1. The predicted octanol–water partition coefficient (Wildman–Crippen LogP) is 3.73. The molecule has 2 aromatic rings. The first-order valence-electron chi connectivity index (χ1n) is 7.61. The number of rotatable bonds is 4. The van der Waals surface area contributed by atoms with Gasteiger partial charge < -0.3 is 4.74 Å². The zero-order valence-electron chi connectivity index (χ0n) is 13.2. The van der Waals surface area contributed by atoms with E-state index in [2.05, 4.69) is 18.7 Å². The van der Waals surface area contributed by atoms with Crippen molar-refractivity contribution in [3.05, 3.63) is 72.3 Å². The summed E-state index contributed by atoms with van der Waals surface area (Å²) in [5, 5.41) is 0. The van der Waals surface area contributed by atoms with Crippen molar-refractivity contribution in [2.45, 2.75) is 23.2 Å². The molecule has 3 nitrogen and oxygen atoms in total. The van der Waals surface area contributed by atoms with Gasteiger partial charge in [0.05, 0.1) is 17.8 Å². The van der Waals surface area contributed by atoms with Gasteiger partial charge in [-0.25, -0.2) is 8.42 Å². The van der Waals surface area contributed by atoms with Gasteiger partial charge in [0, 0.05) is 5.41 Å². The molecule has 0 aliphatic carbocycles. The smallest absolute Gasteiger partial charge is 0.178 e. The minimum atomic E-state index is -3.25. The number of benzene rings is 2. The third-order valence-electron chi connectivity index (χ3n) is 4.65. The van der Waals surface area contributed by atoms with Crippen molar-refractivity contribution in [2.24, 2.45) is 0 Å². The number of fused-ring (bicyclic) bond motifs is 1. The van der Waals surface area contributed by atoms with Crippen LogP contribution in [0.1, 0.15) is 24.0 Å². The van der Waals surface area contributed by atoms with E-state index in [1.165, 1.54) is 0 Å². The van der Waals surface area contributed by atoms with Crippen LogP contribution in [0.4, 0.5) is 0 Å². The molecular weight excluding hydrogens is 308 g/mol. The third kappa shape index (κ3) is 2.57. The summed E-state index contributed by atoms with van der Waals surface area (Å²) in [6.07, 6.45) is 3.10. The maximum Gasteiger partial charge on any atom is 0.178 e. The van der Waals surface area contributed by atoms with Crippen LogP contribution in [-0.4, -0.2) is 21.3 Å². The Hall–Kier alpha value is -2.07. The van der Waals surface area contributed by atoms with Crippen molar-refractivity contribution in [3.8, 4) is 5.75 Å². The molecule has 120 valence electrons. The van der Waals surface area contributed by atoms with E-state index in [0.717, 1.165) is 11.1 Å². The van der Waals surface area contributed by atoms with Crippen molar-refractivity contribution in [1.82, 2.24) is 0 Å². The lowest BCUT2D eigenvalue weighted by Gasteiger charge is -2.39. The molecule has 0 bridgehead atoms. The number of hydrogen-bond donors (Lipinski definition) is 0. The molecule has 1 unspecified atom stereocenters. The highest BCUT2D eigenvalue weighted by atomic mass is 32.2. The van der Waals surface area contributed by atoms with Gasteiger partial charge in [0.15, 0.2) is 9.84 Å². The van der Waals surface area contributed by atoms with Crippen molar-refractivity contribution in [1.29, 1.82) is 0 Å². The molecule has 0 radical (unpaired) electrons. The molecule has 0 saturated heterocycles. The molecule has 23 heavy (non-hydrogen) atoms. The van der Waals surface area contributed by atoms with Crippen molar-refractivity contribution in [3.63, 3.8) is 0 Å². The molecule has 0 spiro atoms. The minimum absolute atomic E-state index is 0.148. The zero-order valence-corrected chi connectivity index (χ0v) is 14.0. The van der Waals surface area contributed by atoms with Crippen molar-refractivity contribution >= 4 is 9.84 Å². The van der Waals surface area contributed by atoms with E-state index in [4.69, 9.17) is 4.74 Å². The molecule has 1 aliphatic rings. The molecule has 4 heteroatoms. The first-order valence-corrected chi connectivity index (χ1v) is 9.26. The Morgan fingerprint density at radius 1 is 1.22 bits per heavy atom. The van der Waals surface area contributed by atoms with Gasteiger partial charge in [0.1, 0.15) is 5.75 Å². The minimum Gasteiger partial charge on any atom is -0.497 e. The normalized spacial score (nSPS) is 22.1. The molecule has 0 fully saturated rings. The van der Waals surface area contributed by atoms with E-state index in [9.17, 15) is 8.42 Å². The topological polar surface area (TPSA) is 43.4 Å². The predicted molar refractivity (Wildman–Crippen MR) is 91.7 cm³/mol. The third-order valence-corrected chi connectivity index (χ3v) is 6.42. The highest BCUT2D eigenvalue weighted by Crippen LogP contribution is 2.47. The van der Waals surface area contributed by atoms with Crippen LogP contribution in [0.5, 0.6) is 5.75 Å². The molecule has 0 amide bonds. The first-order chi connectivity index (χ1) is 11.0. The molecule has 1 aliphatic heterocycles. The molecule has 0 saturated carbocycles. The Labute approximate surface area is 137 Å². The Kier molecular flexibility index (Phi) is 4.02. The van der Waals surface area contributed by atoms with Gasteiger partial charge in [-0.15, -0.1) is 6.58 Å². The molecular formula is C19H20O3S. The molecule has 0 N–H and O–H groups in total. The second-order valence-electron chi connectivity index (χ2n) is 5.87. The van der Waals surface area contributed by atoms with E-state index in [1.807, 2.05) is 30.3 Å². The summed E-state index contributed by atoms with van der Waals surface area (Å²) < 4.78 is 30.4.